The van der Waals surface area contributed by atoms with E-state index in [4.69, 9.17) is 0 Å². The summed E-state index contributed by atoms with van der Waals surface area (Å²) in [6.45, 7) is 3.26. The van der Waals surface area contributed by atoms with Crippen molar-refractivity contribution in [2.75, 3.05) is 11.9 Å². The highest BCUT2D eigenvalue weighted by molar-refractivity contribution is 5.61. The molecule has 3 rings (SSSR count). The maximum Gasteiger partial charge on any atom is 0.269 e. The first-order valence-corrected chi connectivity index (χ1v) is 7.17. The lowest BCUT2D eigenvalue weighted by atomic mass is 9.74. The Hall–Kier alpha value is -1.58. The number of hydrogen-bond acceptors (Lipinski definition) is 3. The van der Waals surface area contributed by atoms with Crippen molar-refractivity contribution in [1.29, 1.82) is 0 Å². The zero-order chi connectivity index (χ0) is 13.4. The van der Waals surface area contributed by atoms with E-state index in [2.05, 4.69) is 12.2 Å². The molecule has 4 nitrogen and oxygen atoms in total. The highest BCUT2D eigenvalue weighted by Crippen LogP contribution is 2.44. The van der Waals surface area contributed by atoms with Crippen LogP contribution in [0.15, 0.2) is 18.2 Å². The maximum atomic E-state index is 10.9. The molecule has 1 N–H and O–H groups in total. The SMILES string of the molecule is CC1CCCC(C2CNc3ccc([N+](=O)[O-])cc32)C1. The minimum absolute atomic E-state index is 0.219. The van der Waals surface area contributed by atoms with E-state index in [9.17, 15) is 10.1 Å². The Morgan fingerprint density at radius 3 is 2.95 bits per heavy atom. The summed E-state index contributed by atoms with van der Waals surface area (Å²) in [5, 5.41) is 14.3. The first-order valence-electron chi connectivity index (χ1n) is 7.17. The van der Waals surface area contributed by atoms with Gasteiger partial charge in [-0.1, -0.05) is 19.8 Å². The Labute approximate surface area is 113 Å². The summed E-state index contributed by atoms with van der Waals surface area (Å²) >= 11 is 0. The van der Waals surface area contributed by atoms with Gasteiger partial charge in [-0.25, -0.2) is 0 Å². The average molecular weight is 260 g/mol. The lowest BCUT2D eigenvalue weighted by Gasteiger charge is -2.31. The summed E-state index contributed by atoms with van der Waals surface area (Å²) in [7, 11) is 0. The molecular weight excluding hydrogens is 240 g/mol. The normalized spacial score (nSPS) is 29.6. The second-order valence-electron chi connectivity index (χ2n) is 6.05. The Balaban J connectivity index is 1.87. The minimum Gasteiger partial charge on any atom is -0.384 e. The summed E-state index contributed by atoms with van der Waals surface area (Å²) in [6, 6.07) is 5.23. The van der Waals surface area contributed by atoms with Crippen LogP contribution >= 0.6 is 0 Å². The van der Waals surface area contributed by atoms with E-state index in [0.717, 1.165) is 23.7 Å². The number of nitro benzene ring substituents is 1. The van der Waals surface area contributed by atoms with E-state index in [0.29, 0.717) is 11.8 Å². The smallest absolute Gasteiger partial charge is 0.269 e. The van der Waals surface area contributed by atoms with Gasteiger partial charge in [0.25, 0.3) is 5.69 Å². The predicted octanol–water partition coefficient (Wildman–Crippen LogP) is 3.93. The van der Waals surface area contributed by atoms with E-state index in [1.807, 2.05) is 6.07 Å². The van der Waals surface area contributed by atoms with Crippen LogP contribution in [0.3, 0.4) is 0 Å². The van der Waals surface area contributed by atoms with Gasteiger partial charge in [-0.2, -0.15) is 0 Å². The lowest BCUT2D eigenvalue weighted by Crippen LogP contribution is -2.21. The van der Waals surface area contributed by atoms with Crippen LogP contribution in [0.4, 0.5) is 11.4 Å². The van der Waals surface area contributed by atoms with Crippen molar-refractivity contribution in [3.8, 4) is 0 Å². The quantitative estimate of drug-likeness (QED) is 0.647. The predicted molar refractivity (Wildman–Crippen MR) is 75.4 cm³/mol. The number of fused-ring (bicyclic) bond motifs is 1. The first kappa shape index (κ1) is 12.5. The number of anilines is 1. The van der Waals surface area contributed by atoms with Crippen LogP contribution in [0.1, 0.15) is 44.1 Å². The molecule has 3 unspecified atom stereocenters. The molecular formula is C15H20N2O2. The number of nitrogens with zero attached hydrogens (tertiary/aromatic N) is 1. The van der Waals surface area contributed by atoms with Crippen LogP contribution in [0.25, 0.3) is 0 Å². The lowest BCUT2D eigenvalue weighted by molar-refractivity contribution is -0.384. The molecule has 0 spiro atoms. The van der Waals surface area contributed by atoms with Crippen molar-refractivity contribution in [2.24, 2.45) is 11.8 Å². The highest BCUT2D eigenvalue weighted by atomic mass is 16.6. The van der Waals surface area contributed by atoms with Crippen molar-refractivity contribution in [1.82, 2.24) is 0 Å². The van der Waals surface area contributed by atoms with Crippen molar-refractivity contribution in [3.63, 3.8) is 0 Å². The van der Waals surface area contributed by atoms with Crippen LogP contribution in [0.5, 0.6) is 0 Å². The van der Waals surface area contributed by atoms with Crippen LogP contribution in [-0.2, 0) is 0 Å². The zero-order valence-electron chi connectivity index (χ0n) is 11.3. The van der Waals surface area contributed by atoms with E-state index in [1.165, 1.54) is 25.7 Å². The fourth-order valence-corrected chi connectivity index (χ4v) is 3.73. The molecule has 1 saturated carbocycles. The number of nitro groups is 1. The number of non-ortho nitro benzene ring substituents is 1. The topological polar surface area (TPSA) is 55.2 Å². The second kappa shape index (κ2) is 4.83. The summed E-state index contributed by atoms with van der Waals surface area (Å²) < 4.78 is 0. The van der Waals surface area contributed by atoms with E-state index in [-0.39, 0.29) is 10.6 Å². The molecule has 3 atom stereocenters. The van der Waals surface area contributed by atoms with Gasteiger partial charge in [-0.3, -0.25) is 10.1 Å². The van der Waals surface area contributed by atoms with Crippen LogP contribution < -0.4 is 5.32 Å². The first-order chi connectivity index (χ1) is 9.15. The third-order valence-electron chi connectivity index (χ3n) is 4.70. The molecule has 0 radical (unpaired) electrons. The van der Waals surface area contributed by atoms with Crippen LogP contribution in [0.2, 0.25) is 0 Å². The summed E-state index contributed by atoms with van der Waals surface area (Å²) in [6.07, 6.45) is 5.15. The van der Waals surface area contributed by atoms with E-state index in [1.54, 1.807) is 12.1 Å². The molecule has 2 aliphatic rings. The number of hydrogen-bond donors (Lipinski definition) is 1. The van der Waals surface area contributed by atoms with E-state index >= 15 is 0 Å². The molecule has 0 bridgehead atoms. The van der Waals surface area contributed by atoms with Crippen molar-refractivity contribution < 1.29 is 4.92 Å². The Bertz CT molecular complexity index is 501. The average Bonchev–Trinajstić information content (AvgIpc) is 2.81. The largest absolute Gasteiger partial charge is 0.384 e. The molecule has 102 valence electrons. The fourth-order valence-electron chi connectivity index (χ4n) is 3.73. The molecule has 0 aromatic heterocycles. The van der Waals surface area contributed by atoms with Gasteiger partial charge >= 0.3 is 0 Å². The van der Waals surface area contributed by atoms with Crippen molar-refractivity contribution in [3.05, 3.63) is 33.9 Å². The molecule has 1 heterocycles. The summed E-state index contributed by atoms with van der Waals surface area (Å²) in [4.78, 5) is 10.6. The molecule has 1 aliphatic carbocycles. The van der Waals surface area contributed by atoms with Crippen molar-refractivity contribution >= 4 is 11.4 Å². The summed E-state index contributed by atoms with van der Waals surface area (Å²) in [5.74, 6) is 1.93. The van der Waals surface area contributed by atoms with Crippen molar-refractivity contribution in [2.45, 2.75) is 38.5 Å². The van der Waals surface area contributed by atoms with E-state index < -0.39 is 0 Å². The van der Waals surface area contributed by atoms with Crippen LogP contribution in [-0.4, -0.2) is 11.5 Å². The fraction of sp³-hybridized carbons (Fsp3) is 0.600. The zero-order valence-corrected chi connectivity index (χ0v) is 11.3. The molecule has 1 fully saturated rings. The number of nitrogens with one attached hydrogen (secondary N) is 1. The third kappa shape index (κ3) is 2.31. The molecule has 19 heavy (non-hydrogen) atoms. The van der Waals surface area contributed by atoms with Gasteiger partial charge < -0.3 is 5.32 Å². The third-order valence-corrected chi connectivity index (χ3v) is 4.70. The van der Waals surface area contributed by atoms with Gasteiger partial charge in [0.05, 0.1) is 4.92 Å². The molecule has 0 saturated heterocycles. The van der Waals surface area contributed by atoms with Gasteiger partial charge in [-0.05, 0) is 36.3 Å². The molecule has 1 aromatic rings. The Morgan fingerprint density at radius 2 is 2.21 bits per heavy atom. The standard InChI is InChI=1S/C15H20N2O2/c1-10-3-2-4-11(7-10)14-9-16-15-6-5-12(17(18)19)8-13(14)15/h5-6,8,10-11,14,16H,2-4,7,9H2,1H3. The molecule has 1 aromatic carbocycles. The number of rotatable bonds is 2. The van der Waals surface area contributed by atoms with Gasteiger partial charge in [-0.15, -0.1) is 0 Å². The van der Waals surface area contributed by atoms with Crippen LogP contribution in [0, 0.1) is 22.0 Å². The Kier molecular flexibility index (Phi) is 3.17. The Morgan fingerprint density at radius 1 is 1.37 bits per heavy atom. The second-order valence-corrected chi connectivity index (χ2v) is 6.05. The van der Waals surface area contributed by atoms with Gasteiger partial charge in [0, 0.05) is 30.3 Å². The highest BCUT2D eigenvalue weighted by Gasteiger charge is 2.33. The van der Waals surface area contributed by atoms with Gasteiger partial charge in [0.2, 0.25) is 0 Å². The maximum absolute atomic E-state index is 10.9. The summed E-state index contributed by atoms with van der Waals surface area (Å²) in [5.41, 5.74) is 2.47. The number of benzene rings is 1. The molecule has 4 heteroatoms. The minimum atomic E-state index is -0.293. The van der Waals surface area contributed by atoms with Gasteiger partial charge in [0.15, 0.2) is 0 Å². The van der Waals surface area contributed by atoms with Gasteiger partial charge in [0.1, 0.15) is 0 Å². The molecule has 1 aliphatic heterocycles. The monoisotopic (exact) mass is 260 g/mol. The molecule has 0 amide bonds.